The lowest BCUT2D eigenvalue weighted by molar-refractivity contribution is -0.149. The van der Waals surface area contributed by atoms with Crippen molar-refractivity contribution in [2.45, 2.75) is 12.8 Å². The van der Waals surface area contributed by atoms with Gasteiger partial charge in [0.2, 0.25) is 0 Å². The topological polar surface area (TPSA) is 60.4 Å². The first-order valence-corrected chi connectivity index (χ1v) is 4.31. The maximum atomic E-state index is 11.1. The second-order valence-electron chi connectivity index (χ2n) is 2.42. The summed E-state index contributed by atoms with van der Waals surface area (Å²) in [6, 6.07) is 0. The number of Topliss-reactive ketones (excluding diaryl/α,β-unsaturated/α-hetero) is 1. The van der Waals surface area contributed by atoms with Crippen molar-refractivity contribution >= 4 is 29.6 Å². The van der Waals surface area contributed by atoms with E-state index in [9.17, 15) is 14.4 Å². The molecule has 4 nitrogen and oxygen atoms in total. The van der Waals surface area contributed by atoms with Gasteiger partial charge in [-0.2, -0.15) is 0 Å². The number of carbonyl (C=O) groups is 3. The smallest absolute Gasteiger partial charge is 0.316 e. The highest BCUT2D eigenvalue weighted by molar-refractivity contribution is 6.29. The van der Waals surface area contributed by atoms with Crippen LogP contribution < -0.4 is 0 Å². The second kappa shape index (κ2) is 6.60. The first-order chi connectivity index (χ1) is 6.17. The molecule has 0 aromatic heterocycles. The quantitative estimate of drug-likeness (QED) is 0.276. The molecule has 0 aromatic carbocycles. The number of esters is 1. The molecule has 1 unspecified atom stereocenters. The third-order valence-electron chi connectivity index (χ3n) is 1.58. The van der Waals surface area contributed by atoms with Gasteiger partial charge in [0, 0.05) is 6.42 Å². The minimum Gasteiger partial charge on any atom is -0.468 e. The van der Waals surface area contributed by atoms with Crippen LogP contribution in [0.15, 0.2) is 0 Å². The van der Waals surface area contributed by atoms with Gasteiger partial charge in [0.05, 0.1) is 13.0 Å². The van der Waals surface area contributed by atoms with Crippen molar-refractivity contribution in [3.8, 4) is 0 Å². The highest BCUT2D eigenvalue weighted by atomic mass is 35.5. The van der Waals surface area contributed by atoms with Crippen molar-refractivity contribution in [3.05, 3.63) is 0 Å². The van der Waals surface area contributed by atoms with Crippen LogP contribution >= 0.6 is 11.6 Å². The monoisotopic (exact) mass is 206 g/mol. The molecule has 0 heterocycles. The van der Waals surface area contributed by atoms with E-state index in [1.807, 2.05) is 0 Å². The van der Waals surface area contributed by atoms with Crippen LogP contribution in [0.3, 0.4) is 0 Å². The number of alkyl halides is 1. The Morgan fingerprint density at radius 2 is 2.15 bits per heavy atom. The summed E-state index contributed by atoms with van der Waals surface area (Å²) in [7, 11) is 1.19. The van der Waals surface area contributed by atoms with E-state index in [4.69, 9.17) is 11.6 Å². The molecule has 0 aliphatic rings. The summed E-state index contributed by atoms with van der Waals surface area (Å²) in [5, 5.41) is 0. The molecule has 0 aromatic rings. The lowest BCUT2D eigenvalue weighted by atomic mass is 10.00. The van der Waals surface area contributed by atoms with E-state index in [1.54, 1.807) is 0 Å². The van der Waals surface area contributed by atoms with Crippen LogP contribution in [0.2, 0.25) is 0 Å². The summed E-state index contributed by atoms with van der Waals surface area (Å²) in [5.74, 6) is -2.17. The Morgan fingerprint density at radius 1 is 1.54 bits per heavy atom. The fourth-order valence-corrected chi connectivity index (χ4v) is 1.07. The predicted molar refractivity (Wildman–Crippen MR) is 46.5 cm³/mol. The molecule has 0 saturated carbocycles. The molecule has 0 radical (unpaired) electrons. The summed E-state index contributed by atoms with van der Waals surface area (Å²) in [6.45, 7) is 0. The lowest BCUT2D eigenvalue weighted by Gasteiger charge is -2.09. The summed E-state index contributed by atoms with van der Waals surface area (Å²) in [6.07, 6.45) is 0.974. The summed E-state index contributed by atoms with van der Waals surface area (Å²) in [5.41, 5.74) is 0. The average Bonchev–Trinajstić information content (AvgIpc) is 2.17. The van der Waals surface area contributed by atoms with E-state index in [0.29, 0.717) is 6.29 Å². The number of ketones is 1. The van der Waals surface area contributed by atoms with Crippen LogP contribution in [0.25, 0.3) is 0 Å². The van der Waals surface area contributed by atoms with Crippen LogP contribution in [-0.2, 0) is 19.1 Å². The molecule has 0 bridgehead atoms. The van der Waals surface area contributed by atoms with Gasteiger partial charge in [-0.05, 0) is 6.42 Å². The van der Waals surface area contributed by atoms with Gasteiger partial charge in [0.15, 0.2) is 5.78 Å². The van der Waals surface area contributed by atoms with Gasteiger partial charge in [-0.3, -0.25) is 9.59 Å². The SMILES string of the molecule is COC(=O)C(CCC=O)C(=O)CCl. The van der Waals surface area contributed by atoms with E-state index >= 15 is 0 Å². The Labute approximate surface area is 81.2 Å². The molecule has 74 valence electrons. The molecule has 0 rings (SSSR count). The van der Waals surface area contributed by atoms with E-state index < -0.39 is 17.7 Å². The molecule has 0 spiro atoms. The Morgan fingerprint density at radius 3 is 2.54 bits per heavy atom. The number of aldehydes is 1. The summed E-state index contributed by atoms with van der Waals surface area (Å²) >= 11 is 5.28. The molecule has 5 heteroatoms. The molecule has 0 saturated heterocycles. The zero-order valence-corrected chi connectivity index (χ0v) is 8.04. The maximum absolute atomic E-state index is 11.1. The van der Waals surface area contributed by atoms with Gasteiger partial charge >= 0.3 is 5.97 Å². The summed E-state index contributed by atoms with van der Waals surface area (Å²) < 4.78 is 4.40. The Kier molecular flexibility index (Phi) is 6.14. The number of ether oxygens (including phenoxy) is 1. The number of rotatable bonds is 6. The van der Waals surface area contributed by atoms with Crippen LogP contribution in [0.1, 0.15) is 12.8 Å². The van der Waals surface area contributed by atoms with Crippen LogP contribution in [-0.4, -0.2) is 31.0 Å². The van der Waals surface area contributed by atoms with E-state index in [1.165, 1.54) is 7.11 Å². The van der Waals surface area contributed by atoms with Crippen LogP contribution in [0.4, 0.5) is 0 Å². The van der Waals surface area contributed by atoms with Gasteiger partial charge in [0.1, 0.15) is 12.2 Å². The van der Waals surface area contributed by atoms with Crippen molar-refractivity contribution in [1.82, 2.24) is 0 Å². The van der Waals surface area contributed by atoms with Gasteiger partial charge in [0.25, 0.3) is 0 Å². The van der Waals surface area contributed by atoms with E-state index in [0.717, 1.165) is 0 Å². The van der Waals surface area contributed by atoms with Crippen LogP contribution in [0.5, 0.6) is 0 Å². The third-order valence-corrected chi connectivity index (χ3v) is 1.84. The Bertz CT molecular complexity index is 186. The molecular formula is C8H11ClO4. The summed E-state index contributed by atoms with van der Waals surface area (Å²) in [4.78, 5) is 32.1. The van der Waals surface area contributed by atoms with E-state index in [-0.39, 0.29) is 18.7 Å². The zero-order chi connectivity index (χ0) is 10.3. The number of carbonyl (C=O) groups excluding carboxylic acids is 3. The molecule has 0 aliphatic heterocycles. The normalized spacial score (nSPS) is 11.8. The van der Waals surface area contributed by atoms with Crippen molar-refractivity contribution in [3.63, 3.8) is 0 Å². The van der Waals surface area contributed by atoms with Crippen molar-refractivity contribution in [2.24, 2.45) is 5.92 Å². The molecular weight excluding hydrogens is 196 g/mol. The van der Waals surface area contributed by atoms with Gasteiger partial charge in [-0.15, -0.1) is 11.6 Å². The molecule has 0 fully saturated rings. The molecule has 0 N–H and O–H groups in total. The van der Waals surface area contributed by atoms with Crippen molar-refractivity contribution in [2.75, 3.05) is 13.0 Å². The largest absolute Gasteiger partial charge is 0.468 e. The third kappa shape index (κ3) is 4.03. The van der Waals surface area contributed by atoms with E-state index in [2.05, 4.69) is 4.74 Å². The fraction of sp³-hybridized carbons (Fsp3) is 0.625. The minimum atomic E-state index is -0.896. The number of hydrogen-bond donors (Lipinski definition) is 0. The molecule has 0 aliphatic carbocycles. The van der Waals surface area contributed by atoms with Gasteiger partial charge in [-0.25, -0.2) is 0 Å². The fourth-order valence-electron chi connectivity index (χ4n) is 0.880. The number of hydrogen-bond acceptors (Lipinski definition) is 4. The highest BCUT2D eigenvalue weighted by Crippen LogP contribution is 2.10. The van der Waals surface area contributed by atoms with Crippen molar-refractivity contribution in [1.29, 1.82) is 0 Å². The predicted octanol–water partition coefficient (Wildman–Crippen LogP) is 0.563. The maximum Gasteiger partial charge on any atom is 0.316 e. The zero-order valence-electron chi connectivity index (χ0n) is 7.29. The standard InChI is InChI=1S/C8H11ClO4/c1-13-8(12)6(3-2-4-10)7(11)5-9/h4,6H,2-3,5H2,1H3. The first-order valence-electron chi connectivity index (χ1n) is 3.77. The van der Waals surface area contributed by atoms with Crippen LogP contribution in [0, 0.1) is 5.92 Å². The molecule has 1 atom stereocenters. The second-order valence-corrected chi connectivity index (χ2v) is 2.69. The average molecular weight is 207 g/mol. The molecule has 0 amide bonds. The minimum absolute atomic E-state index is 0.155. The number of halogens is 1. The van der Waals surface area contributed by atoms with Crippen molar-refractivity contribution < 1.29 is 19.1 Å². The Hall–Kier alpha value is -0.900. The highest BCUT2D eigenvalue weighted by Gasteiger charge is 2.25. The van der Waals surface area contributed by atoms with Gasteiger partial charge in [-0.1, -0.05) is 0 Å². The molecule has 13 heavy (non-hydrogen) atoms. The first kappa shape index (κ1) is 12.1. The Balaban J connectivity index is 4.26. The number of methoxy groups -OCH3 is 1. The lowest BCUT2D eigenvalue weighted by Crippen LogP contribution is -2.26. The van der Waals surface area contributed by atoms with Gasteiger partial charge < -0.3 is 9.53 Å².